The lowest BCUT2D eigenvalue weighted by Crippen LogP contribution is -2.41. The fourth-order valence-electron chi connectivity index (χ4n) is 3.13. The van der Waals surface area contributed by atoms with Gasteiger partial charge in [-0.15, -0.1) is 0 Å². The summed E-state index contributed by atoms with van der Waals surface area (Å²) in [4.78, 5) is 12.6. The Morgan fingerprint density at radius 3 is 2.26 bits per heavy atom. The zero-order chi connectivity index (χ0) is 20.4. The average molecular weight is 389 g/mol. The molecule has 0 bridgehead atoms. The lowest BCUT2D eigenvalue weighted by atomic mass is 9.96. The molecular formula is C21H28N2O3S. The predicted octanol–water partition coefficient (Wildman–Crippen LogP) is 3.56. The molecule has 2 aromatic rings. The van der Waals surface area contributed by atoms with Crippen LogP contribution in [0.5, 0.6) is 0 Å². The second-order valence-corrected chi connectivity index (χ2v) is 9.10. The number of rotatable bonds is 6. The van der Waals surface area contributed by atoms with Gasteiger partial charge >= 0.3 is 0 Å². The van der Waals surface area contributed by atoms with Crippen molar-refractivity contribution in [3.05, 3.63) is 64.2 Å². The molecule has 2 rings (SSSR count). The van der Waals surface area contributed by atoms with Gasteiger partial charge in [0.25, 0.3) is 0 Å². The molecular weight excluding hydrogens is 360 g/mol. The topological polar surface area (TPSA) is 66.5 Å². The zero-order valence-corrected chi connectivity index (χ0v) is 17.6. The maximum absolute atomic E-state index is 12.6. The Balaban J connectivity index is 2.20. The smallest absolute Gasteiger partial charge is 0.241 e. The summed E-state index contributed by atoms with van der Waals surface area (Å²) in [5, 5.41) is 2.93. The van der Waals surface area contributed by atoms with Gasteiger partial charge in [0.15, 0.2) is 0 Å². The summed E-state index contributed by atoms with van der Waals surface area (Å²) in [7, 11) is -3.58. The van der Waals surface area contributed by atoms with Crippen molar-refractivity contribution in [2.75, 3.05) is 17.1 Å². The minimum atomic E-state index is -3.58. The first-order chi connectivity index (χ1) is 12.5. The fourth-order valence-corrected chi connectivity index (χ4v) is 3.98. The molecule has 0 radical (unpaired) electrons. The van der Waals surface area contributed by atoms with Crippen molar-refractivity contribution < 1.29 is 13.2 Å². The minimum Gasteiger partial charge on any atom is -0.348 e. The van der Waals surface area contributed by atoms with Crippen molar-refractivity contribution in [2.24, 2.45) is 0 Å². The molecule has 0 aliphatic heterocycles. The minimum absolute atomic E-state index is 0.212. The van der Waals surface area contributed by atoms with Gasteiger partial charge in [0.2, 0.25) is 15.9 Å². The number of amides is 1. The highest BCUT2D eigenvalue weighted by atomic mass is 32.2. The molecule has 0 unspecified atom stereocenters. The van der Waals surface area contributed by atoms with Crippen LogP contribution in [0.1, 0.15) is 40.8 Å². The van der Waals surface area contributed by atoms with E-state index in [0.717, 1.165) is 32.8 Å². The van der Waals surface area contributed by atoms with E-state index in [1.54, 1.807) is 18.2 Å². The normalized spacial score (nSPS) is 12.5. The molecule has 0 aliphatic rings. The number of carbonyl (C=O) groups excluding carboxylic acids is 1. The van der Waals surface area contributed by atoms with E-state index in [-0.39, 0.29) is 18.5 Å². The van der Waals surface area contributed by atoms with Gasteiger partial charge in [-0.3, -0.25) is 9.10 Å². The summed E-state index contributed by atoms with van der Waals surface area (Å²) in [6.07, 6.45) is 1.11. The van der Waals surface area contributed by atoms with Crippen LogP contribution in [0.2, 0.25) is 0 Å². The molecule has 0 aromatic heterocycles. The summed E-state index contributed by atoms with van der Waals surface area (Å²) in [6, 6.07) is 11.1. The zero-order valence-electron chi connectivity index (χ0n) is 16.8. The summed E-state index contributed by atoms with van der Waals surface area (Å²) >= 11 is 0. The van der Waals surface area contributed by atoms with Gasteiger partial charge < -0.3 is 5.32 Å². The molecule has 1 atom stereocenters. The highest BCUT2D eigenvalue weighted by Gasteiger charge is 2.22. The van der Waals surface area contributed by atoms with Crippen LogP contribution < -0.4 is 9.62 Å². The van der Waals surface area contributed by atoms with Gasteiger partial charge in [0.05, 0.1) is 18.0 Å². The van der Waals surface area contributed by atoms with Gasteiger partial charge in [-0.1, -0.05) is 24.3 Å². The molecule has 0 aliphatic carbocycles. The van der Waals surface area contributed by atoms with E-state index in [4.69, 9.17) is 0 Å². The Morgan fingerprint density at radius 2 is 1.67 bits per heavy atom. The van der Waals surface area contributed by atoms with Crippen molar-refractivity contribution in [3.8, 4) is 0 Å². The Morgan fingerprint density at radius 1 is 1.04 bits per heavy atom. The van der Waals surface area contributed by atoms with Crippen LogP contribution in [0.25, 0.3) is 0 Å². The van der Waals surface area contributed by atoms with E-state index < -0.39 is 10.0 Å². The third kappa shape index (κ3) is 5.32. The van der Waals surface area contributed by atoms with Crippen LogP contribution in [0.4, 0.5) is 5.69 Å². The highest BCUT2D eigenvalue weighted by molar-refractivity contribution is 7.92. The molecule has 146 valence electrons. The third-order valence-corrected chi connectivity index (χ3v) is 5.84. The van der Waals surface area contributed by atoms with Gasteiger partial charge in [-0.2, -0.15) is 0 Å². The summed E-state index contributed by atoms with van der Waals surface area (Å²) in [5.74, 6) is -0.341. The first-order valence-corrected chi connectivity index (χ1v) is 10.8. The molecule has 0 saturated heterocycles. The molecule has 2 aromatic carbocycles. The Kier molecular flexibility index (Phi) is 6.31. The molecule has 0 fully saturated rings. The van der Waals surface area contributed by atoms with E-state index in [0.29, 0.717) is 5.69 Å². The summed E-state index contributed by atoms with van der Waals surface area (Å²) < 4.78 is 25.6. The van der Waals surface area contributed by atoms with Crippen LogP contribution in [0.3, 0.4) is 0 Å². The number of benzene rings is 2. The lowest BCUT2D eigenvalue weighted by Gasteiger charge is -2.24. The van der Waals surface area contributed by atoms with E-state index in [1.807, 2.05) is 33.8 Å². The number of nitrogens with one attached hydrogen (secondary N) is 1. The molecule has 6 heteroatoms. The van der Waals surface area contributed by atoms with Crippen LogP contribution in [0.15, 0.2) is 36.4 Å². The molecule has 0 saturated carbocycles. The van der Waals surface area contributed by atoms with E-state index in [9.17, 15) is 13.2 Å². The van der Waals surface area contributed by atoms with Crippen molar-refractivity contribution in [1.82, 2.24) is 5.32 Å². The standard InChI is InChI=1S/C21H28N2O3S/c1-14-8-7-9-19(10-14)23(27(6,25)26)13-21(24)22-18(5)20-12-16(3)15(2)11-17(20)4/h7-12,18H,13H2,1-6H3,(H,22,24)/t18-/m1/s1. The first kappa shape index (κ1) is 21.0. The fraction of sp³-hybridized carbons (Fsp3) is 0.381. The van der Waals surface area contributed by atoms with Crippen molar-refractivity contribution in [1.29, 1.82) is 0 Å². The summed E-state index contributed by atoms with van der Waals surface area (Å²) in [6.45, 7) is 9.65. The van der Waals surface area contributed by atoms with E-state index in [1.165, 1.54) is 5.56 Å². The van der Waals surface area contributed by atoms with Crippen LogP contribution in [0, 0.1) is 27.7 Å². The van der Waals surface area contributed by atoms with Gasteiger partial charge in [0.1, 0.15) is 6.54 Å². The number of hydrogen-bond acceptors (Lipinski definition) is 3. The molecule has 1 amide bonds. The Bertz CT molecular complexity index is 952. The number of anilines is 1. The van der Waals surface area contributed by atoms with Crippen LogP contribution >= 0.6 is 0 Å². The summed E-state index contributed by atoms with van der Waals surface area (Å²) in [5.41, 5.74) is 5.92. The predicted molar refractivity (Wildman–Crippen MR) is 111 cm³/mol. The van der Waals surface area contributed by atoms with Gasteiger partial charge in [-0.05, 0) is 74.6 Å². The van der Waals surface area contributed by atoms with E-state index >= 15 is 0 Å². The second kappa shape index (κ2) is 8.13. The third-order valence-electron chi connectivity index (χ3n) is 4.70. The van der Waals surface area contributed by atoms with Crippen molar-refractivity contribution in [3.63, 3.8) is 0 Å². The maximum Gasteiger partial charge on any atom is 0.241 e. The highest BCUT2D eigenvalue weighted by Crippen LogP contribution is 2.22. The number of sulfonamides is 1. The molecule has 1 N–H and O–H groups in total. The molecule has 0 heterocycles. The van der Waals surface area contributed by atoms with Gasteiger partial charge in [0, 0.05) is 0 Å². The van der Waals surface area contributed by atoms with Crippen molar-refractivity contribution >= 4 is 21.6 Å². The van der Waals surface area contributed by atoms with Crippen LogP contribution in [-0.4, -0.2) is 27.1 Å². The number of carbonyl (C=O) groups is 1. The average Bonchev–Trinajstić information content (AvgIpc) is 2.54. The SMILES string of the molecule is Cc1cccc(N(CC(=O)N[C@H](C)c2cc(C)c(C)cc2C)S(C)(=O)=O)c1. The van der Waals surface area contributed by atoms with Gasteiger partial charge in [-0.25, -0.2) is 8.42 Å². The second-order valence-electron chi connectivity index (χ2n) is 7.19. The lowest BCUT2D eigenvalue weighted by molar-refractivity contribution is -0.120. The van der Waals surface area contributed by atoms with Crippen LogP contribution in [-0.2, 0) is 14.8 Å². The number of hydrogen-bond donors (Lipinski definition) is 1. The van der Waals surface area contributed by atoms with Crippen molar-refractivity contribution in [2.45, 2.75) is 40.7 Å². The molecule has 0 spiro atoms. The Labute approximate surface area is 162 Å². The number of aryl methyl sites for hydroxylation is 4. The maximum atomic E-state index is 12.6. The largest absolute Gasteiger partial charge is 0.348 e. The monoisotopic (exact) mass is 388 g/mol. The number of nitrogens with zero attached hydrogens (tertiary/aromatic N) is 1. The van der Waals surface area contributed by atoms with E-state index in [2.05, 4.69) is 24.4 Å². The quantitative estimate of drug-likeness (QED) is 0.823. The molecule has 27 heavy (non-hydrogen) atoms. The first-order valence-electron chi connectivity index (χ1n) is 8.90. The molecule has 5 nitrogen and oxygen atoms in total. The Hall–Kier alpha value is -2.34.